The SMILES string of the molecule is O=C(O)c1cc(S(=O)(=O)N2CCn3ncnc3C2)c(Br)s1. The van der Waals surface area contributed by atoms with Gasteiger partial charge in [-0.25, -0.2) is 22.9 Å². The number of halogens is 1. The smallest absolute Gasteiger partial charge is 0.345 e. The Morgan fingerprint density at radius 2 is 2.19 bits per heavy atom. The van der Waals surface area contributed by atoms with Gasteiger partial charge in [0.05, 0.1) is 16.9 Å². The fraction of sp³-hybridized carbons (Fsp3) is 0.300. The molecule has 0 radical (unpaired) electrons. The van der Waals surface area contributed by atoms with E-state index in [1.807, 2.05) is 0 Å². The van der Waals surface area contributed by atoms with E-state index >= 15 is 0 Å². The summed E-state index contributed by atoms with van der Waals surface area (Å²) in [5.74, 6) is -0.588. The van der Waals surface area contributed by atoms with Gasteiger partial charge >= 0.3 is 5.97 Å². The summed E-state index contributed by atoms with van der Waals surface area (Å²) in [6.07, 6.45) is 1.38. The predicted molar refractivity (Wildman–Crippen MR) is 76.6 cm³/mol. The van der Waals surface area contributed by atoms with Crippen LogP contribution in [0.5, 0.6) is 0 Å². The van der Waals surface area contributed by atoms with Gasteiger partial charge in [-0.1, -0.05) is 0 Å². The number of fused-ring (bicyclic) bond motifs is 1. The van der Waals surface area contributed by atoms with Gasteiger partial charge in [-0.15, -0.1) is 11.3 Å². The average molecular weight is 393 g/mol. The summed E-state index contributed by atoms with van der Waals surface area (Å²) < 4.78 is 28.5. The van der Waals surface area contributed by atoms with Crippen LogP contribution in [0, 0.1) is 0 Å². The molecule has 112 valence electrons. The lowest BCUT2D eigenvalue weighted by molar-refractivity contribution is 0.0702. The van der Waals surface area contributed by atoms with Crippen molar-refractivity contribution in [2.75, 3.05) is 6.54 Å². The Balaban J connectivity index is 1.96. The van der Waals surface area contributed by atoms with Crippen molar-refractivity contribution in [3.05, 3.63) is 26.9 Å². The number of aromatic nitrogens is 3. The summed E-state index contributed by atoms with van der Waals surface area (Å²) in [5.41, 5.74) is 0. The summed E-state index contributed by atoms with van der Waals surface area (Å²) in [7, 11) is -3.77. The Morgan fingerprint density at radius 3 is 2.86 bits per heavy atom. The van der Waals surface area contributed by atoms with Crippen molar-refractivity contribution in [2.45, 2.75) is 18.0 Å². The molecule has 0 atom stereocenters. The molecular formula is C10H9BrN4O4S2. The quantitative estimate of drug-likeness (QED) is 0.834. The Labute approximate surface area is 132 Å². The molecule has 0 spiro atoms. The topological polar surface area (TPSA) is 105 Å². The monoisotopic (exact) mass is 392 g/mol. The maximum atomic E-state index is 12.6. The second-order valence-electron chi connectivity index (χ2n) is 4.29. The number of carbonyl (C=O) groups is 1. The molecule has 0 saturated carbocycles. The Bertz CT molecular complexity index is 813. The van der Waals surface area contributed by atoms with Crippen LogP contribution in [0.1, 0.15) is 15.5 Å². The molecule has 3 heterocycles. The van der Waals surface area contributed by atoms with Crippen LogP contribution >= 0.6 is 27.3 Å². The lowest BCUT2D eigenvalue weighted by Gasteiger charge is -2.25. The summed E-state index contributed by atoms with van der Waals surface area (Å²) in [4.78, 5) is 14.9. The van der Waals surface area contributed by atoms with Crippen LogP contribution in [-0.4, -0.2) is 45.1 Å². The normalized spacial score (nSPS) is 15.9. The van der Waals surface area contributed by atoms with E-state index in [0.717, 1.165) is 11.3 Å². The number of nitrogens with zero attached hydrogens (tertiary/aromatic N) is 4. The van der Waals surface area contributed by atoms with Gasteiger partial charge in [0.25, 0.3) is 0 Å². The van der Waals surface area contributed by atoms with Crippen LogP contribution in [0.4, 0.5) is 0 Å². The maximum absolute atomic E-state index is 12.6. The van der Waals surface area contributed by atoms with Gasteiger partial charge in [0.1, 0.15) is 21.9 Å². The molecule has 8 nitrogen and oxygen atoms in total. The highest BCUT2D eigenvalue weighted by Gasteiger charge is 2.32. The first-order chi connectivity index (χ1) is 9.89. The molecule has 0 amide bonds. The molecule has 21 heavy (non-hydrogen) atoms. The first kappa shape index (κ1) is 14.6. The number of rotatable bonds is 3. The van der Waals surface area contributed by atoms with Gasteiger partial charge < -0.3 is 5.11 Å². The van der Waals surface area contributed by atoms with Crippen molar-refractivity contribution in [3.63, 3.8) is 0 Å². The fourth-order valence-electron chi connectivity index (χ4n) is 2.02. The molecule has 1 aliphatic rings. The third-order valence-electron chi connectivity index (χ3n) is 3.06. The molecule has 2 aromatic heterocycles. The third-order valence-corrected chi connectivity index (χ3v) is 7.14. The minimum Gasteiger partial charge on any atom is -0.477 e. The van der Waals surface area contributed by atoms with Crippen molar-refractivity contribution in [2.24, 2.45) is 0 Å². The third kappa shape index (κ3) is 2.50. The number of thiophene rings is 1. The van der Waals surface area contributed by atoms with E-state index in [0.29, 0.717) is 12.4 Å². The van der Waals surface area contributed by atoms with Crippen molar-refractivity contribution < 1.29 is 18.3 Å². The van der Waals surface area contributed by atoms with Crippen molar-refractivity contribution in [1.82, 2.24) is 19.1 Å². The highest BCUT2D eigenvalue weighted by molar-refractivity contribution is 9.11. The van der Waals surface area contributed by atoms with E-state index in [-0.39, 0.29) is 26.6 Å². The van der Waals surface area contributed by atoms with Crippen molar-refractivity contribution in [3.8, 4) is 0 Å². The highest BCUT2D eigenvalue weighted by atomic mass is 79.9. The molecule has 0 aromatic carbocycles. The van der Waals surface area contributed by atoms with E-state index in [2.05, 4.69) is 26.0 Å². The first-order valence-corrected chi connectivity index (χ1v) is 8.84. The molecule has 0 saturated heterocycles. The summed E-state index contributed by atoms with van der Waals surface area (Å²) in [6.45, 7) is 0.804. The minimum atomic E-state index is -3.77. The molecule has 0 aliphatic carbocycles. The van der Waals surface area contributed by atoms with Crippen molar-refractivity contribution >= 4 is 43.3 Å². The first-order valence-electron chi connectivity index (χ1n) is 5.79. The number of carboxylic acids is 1. The second kappa shape index (κ2) is 5.16. The highest BCUT2D eigenvalue weighted by Crippen LogP contribution is 2.34. The summed E-state index contributed by atoms with van der Waals surface area (Å²) in [6, 6.07) is 1.17. The zero-order chi connectivity index (χ0) is 15.2. The van der Waals surface area contributed by atoms with Gasteiger partial charge in [0.15, 0.2) is 0 Å². The molecule has 2 aromatic rings. The van der Waals surface area contributed by atoms with Crippen LogP contribution in [0.2, 0.25) is 0 Å². The number of hydrogen-bond acceptors (Lipinski definition) is 6. The Morgan fingerprint density at radius 1 is 1.43 bits per heavy atom. The van der Waals surface area contributed by atoms with E-state index in [1.54, 1.807) is 4.68 Å². The molecule has 0 unspecified atom stereocenters. The Hall–Kier alpha value is -1.30. The number of sulfonamides is 1. The second-order valence-corrected chi connectivity index (χ2v) is 8.57. The minimum absolute atomic E-state index is 0.0272. The predicted octanol–water partition coefficient (Wildman–Crippen LogP) is 1.00. The summed E-state index contributed by atoms with van der Waals surface area (Å²) in [5, 5.41) is 13.0. The molecular weight excluding hydrogens is 384 g/mol. The van der Waals surface area contributed by atoms with Crippen LogP contribution in [-0.2, 0) is 23.1 Å². The van der Waals surface area contributed by atoms with Gasteiger partial charge in [-0.05, 0) is 22.0 Å². The molecule has 3 rings (SSSR count). The van der Waals surface area contributed by atoms with Gasteiger partial charge in [-0.2, -0.15) is 9.40 Å². The summed E-state index contributed by atoms with van der Waals surface area (Å²) >= 11 is 4.01. The van der Waals surface area contributed by atoms with Crippen LogP contribution in [0.15, 0.2) is 21.1 Å². The molecule has 0 fully saturated rings. The molecule has 1 aliphatic heterocycles. The zero-order valence-corrected chi connectivity index (χ0v) is 13.7. The molecule has 1 N–H and O–H groups in total. The number of hydrogen-bond donors (Lipinski definition) is 1. The lowest BCUT2D eigenvalue weighted by Crippen LogP contribution is -2.38. The average Bonchev–Trinajstić information content (AvgIpc) is 3.03. The van der Waals surface area contributed by atoms with Gasteiger partial charge in [-0.3, -0.25) is 0 Å². The number of aromatic carboxylic acids is 1. The molecule has 0 bridgehead atoms. The van der Waals surface area contributed by atoms with Gasteiger partial charge in [0, 0.05) is 6.54 Å². The maximum Gasteiger partial charge on any atom is 0.345 e. The lowest BCUT2D eigenvalue weighted by atomic mass is 10.4. The largest absolute Gasteiger partial charge is 0.477 e. The molecule has 11 heteroatoms. The van der Waals surface area contributed by atoms with E-state index in [9.17, 15) is 13.2 Å². The van der Waals surface area contributed by atoms with Crippen molar-refractivity contribution in [1.29, 1.82) is 0 Å². The Kier molecular flexibility index (Phi) is 3.59. The van der Waals surface area contributed by atoms with E-state index < -0.39 is 16.0 Å². The van der Waals surface area contributed by atoms with Crippen LogP contribution in [0.3, 0.4) is 0 Å². The fourth-order valence-corrected chi connectivity index (χ4v) is 5.76. The number of carboxylic acid groups (broad SMARTS) is 1. The van der Waals surface area contributed by atoms with Gasteiger partial charge in [0.2, 0.25) is 10.0 Å². The zero-order valence-electron chi connectivity index (χ0n) is 10.4. The standard InChI is InChI=1S/C10H9BrN4O4S2/c11-9-7(3-6(20-9)10(16)17)21(18,19)14-1-2-15-8(4-14)12-5-13-15/h3,5H,1-2,4H2,(H,16,17). The van der Waals surface area contributed by atoms with Crippen LogP contribution < -0.4 is 0 Å². The van der Waals surface area contributed by atoms with Crippen LogP contribution in [0.25, 0.3) is 0 Å². The van der Waals surface area contributed by atoms with E-state index in [4.69, 9.17) is 5.11 Å². The van der Waals surface area contributed by atoms with E-state index in [1.165, 1.54) is 16.7 Å².